The fourth-order valence-corrected chi connectivity index (χ4v) is 4.54. The molecule has 0 unspecified atom stereocenters. The summed E-state index contributed by atoms with van der Waals surface area (Å²) < 4.78 is 1.82. The number of aromatic nitrogens is 2. The quantitative estimate of drug-likeness (QED) is 0.553. The number of aryl methyl sites for hydroxylation is 1. The van der Waals surface area contributed by atoms with Gasteiger partial charge in [0.25, 0.3) is 11.8 Å². The van der Waals surface area contributed by atoms with E-state index >= 15 is 0 Å². The highest BCUT2D eigenvalue weighted by Gasteiger charge is 2.23. The van der Waals surface area contributed by atoms with E-state index in [2.05, 4.69) is 10.4 Å². The normalized spacial score (nSPS) is 14.2. The molecule has 1 aromatic heterocycles. The highest BCUT2D eigenvalue weighted by Crippen LogP contribution is 2.24. The zero-order valence-electron chi connectivity index (χ0n) is 19.7. The minimum atomic E-state index is -0.205. The van der Waals surface area contributed by atoms with Crippen LogP contribution in [0, 0.1) is 6.92 Å². The first-order valence-corrected chi connectivity index (χ1v) is 11.8. The summed E-state index contributed by atoms with van der Waals surface area (Å²) in [5.74, 6) is -0.170. The van der Waals surface area contributed by atoms with Crippen LogP contribution in [0.5, 0.6) is 0 Å². The average Bonchev–Trinajstić information content (AvgIpc) is 3.29. The Kier molecular flexibility index (Phi) is 6.92. The van der Waals surface area contributed by atoms with Crippen LogP contribution in [0.15, 0.2) is 54.7 Å². The van der Waals surface area contributed by atoms with Crippen LogP contribution >= 0.6 is 0 Å². The third kappa shape index (κ3) is 5.00. The summed E-state index contributed by atoms with van der Waals surface area (Å²) in [6.45, 7) is 4.06. The smallest absolute Gasteiger partial charge is 0.259 e. The van der Waals surface area contributed by atoms with Gasteiger partial charge in [0.15, 0.2) is 0 Å². The lowest BCUT2D eigenvalue weighted by Gasteiger charge is -2.31. The number of hydrogen-bond acceptors (Lipinski definition) is 3. The van der Waals surface area contributed by atoms with Gasteiger partial charge in [-0.05, 0) is 62.6 Å². The molecule has 1 N–H and O–H groups in total. The van der Waals surface area contributed by atoms with E-state index in [9.17, 15) is 9.59 Å². The Morgan fingerprint density at radius 2 is 1.70 bits per heavy atom. The van der Waals surface area contributed by atoms with Crippen molar-refractivity contribution in [3.8, 4) is 5.69 Å². The Hall–Kier alpha value is -3.41. The SMILES string of the molecule is CCc1c(C(=O)Nc2ccc(C(=O)N(C)C3CCCCC3)cc2)cnn1-c1ccc(C)cc1. The molecule has 172 valence electrons. The first kappa shape index (κ1) is 22.8. The molecule has 2 aromatic carbocycles. The molecule has 1 aliphatic rings. The molecule has 1 fully saturated rings. The second kappa shape index (κ2) is 10.0. The molecule has 0 bridgehead atoms. The molecule has 0 radical (unpaired) electrons. The van der Waals surface area contributed by atoms with Gasteiger partial charge in [0.2, 0.25) is 0 Å². The van der Waals surface area contributed by atoms with Gasteiger partial charge in [-0.15, -0.1) is 0 Å². The molecule has 6 nitrogen and oxygen atoms in total. The molecule has 1 saturated carbocycles. The maximum Gasteiger partial charge on any atom is 0.259 e. The first-order valence-electron chi connectivity index (χ1n) is 11.8. The number of rotatable bonds is 6. The van der Waals surface area contributed by atoms with Crippen LogP contribution < -0.4 is 5.32 Å². The molecule has 1 aliphatic carbocycles. The molecule has 6 heteroatoms. The van der Waals surface area contributed by atoms with Crippen molar-refractivity contribution >= 4 is 17.5 Å². The van der Waals surface area contributed by atoms with Crippen molar-refractivity contribution in [2.24, 2.45) is 0 Å². The zero-order chi connectivity index (χ0) is 23.4. The fourth-order valence-electron chi connectivity index (χ4n) is 4.54. The highest BCUT2D eigenvalue weighted by atomic mass is 16.2. The summed E-state index contributed by atoms with van der Waals surface area (Å²) >= 11 is 0. The molecule has 3 aromatic rings. The van der Waals surface area contributed by atoms with Gasteiger partial charge in [-0.3, -0.25) is 9.59 Å². The van der Waals surface area contributed by atoms with Crippen LogP contribution in [0.1, 0.15) is 71.0 Å². The van der Waals surface area contributed by atoms with Crippen LogP contribution in [0.3, 0.4) is 0 Å². The van der Waals surface area contributed by atoms with Gasteiger partial charge in [0.05, 0.1) is 23.1 Å². The van der Waals surface area contributed by atoms with Crippen molar-refractivity contribution in [1.29, 1.82) is 0 Å². The number of hydrogen-bond donors (Lipinski definition) is 1. The number of benzene rings is 2. The van der Waals surface area contributed by atoms with Crippen molar-refractivity contribution in [2.45, 2.75) is 58.4 Å². The van der Waals surface area contributed by atoms with E-state index in [1.54, 1.807) is 30.5 Å². The summed E-state index contributed by atoms with van der Waals surface area (Å²) in [4.78, 5) is 27.7. The van der Waals surface area contributed by atoms with Gasteiger partial charge < -0.3 is 10.2 Å². The van der Waals surface area contributed by atoms with Crippen molar-refractivity contribution in [3.63, 3.8) is 0 Å². The van der Waals surface area contributed by atoms with Crippen LogP contribution in [0.4, 0.5) is 5.69 Å². The number of nitrogens with zero attached hydrogens (tertiary/aromatic N) is 3. The molecule has 33 heavy (non-hydrogen) atoms. The Labute approximate surface area is 195 Å². The summed E-state index contributed by atoms with van der Waals surface area (Å²) in [5, 5.41) is 7.40. The molecule has 0 saturated heterocycles. The molecular weight excluding hydrogens is 412 g/mol. The van der Waals surface area contributed by atoms with E-state index in [0.717, 1.165) is 24.2 Å². The molecule has 4 rings (SSSR count). The Morgan fingerprint density at radius 3 is 2.33 bits per heavy atom. The average molecular weight is 445 g/mol. The lowest BCUT2D eigenvalue weighted by Crippen LogP contribution is -2.38. The number of amides is 2. The van der Waals surface area contributed by atoms with Crippen LogP contribution in [-0.2, 0) is 6.42 Å². The monoisotopic (exact) mass is 444 g/mol. The zero-order valence-corrected chi connectivity index (χ0v) is 19.7. The highest BCUT2D eigenvalue weighted by molar-refractivity contribution is 6.05. The van der Waals surface area contributed by atoms with Crippen molar-refractivity contribution in [2.75, 3.05) is 12.4 Å². The molecule has 0 spiro atoms. The number of carbonyl (C=O) groups excluding carboxylic acids is 2. The molecule has 0 aliphatic heterocycles. The summed E-state index contributed by atoms with van der Waals surface area (Å²) in [7, 11) is 1.89. The van der Waals surface area contributed by atoms with Gasteiger partial charge in [0.1, 0.15) is 0 Å². The van der Waals surface area contributed by atoms with E-state index in [0.29, 0.717) is 29.3 Å². The summed E-state index contributed by atoms with van der Waals surface area (Å²) in [5.41, 5.74) is 4.81. The Bertz CT molecular complexity index is 1110. The summed E-state index contributed by atoms with van der Waals surface area (Å²) in [6.07, 6.45) is 8.08. The standard InChI is InChI=1S/C27H32N4O2/c1-4-25-24(18-28-31(25)23-16-10-19(2)11-17-23)26(32)29-21-14-12-20(13-15-21)27(33)30(3)22-8-6-5-7-9-22/h10-18,22H,4-9H2,1-3H3,(H,29,32). The fraction of sp³-hybridized carbons (Fsp3) is 0.370. The van der Waals surface area contributed by atoms with E-state index in [1.807, 2.05) is 54.7 Å². The molecule has 2 amide bonds. The molecule has 1 heterocycles. The van der Waals surface area contributed by atoms with Crippen LogP contribution in [-0.4, -0.2) is 39.6 Å². The van der Waals surface area contributed by atoms with E-state index in [4.69, 9.17) is 0 Å². The van der Waals surface area contributed by atoms with Crippen molar-refractivity contribution in [3.05, 3.63) is 77.1 Å². The third-order valence-electron chi connectivity index (χ3n) is 6.56. The minimum Gasteiger partial charge on any atom is -0.339 e. The predicted molar refractivity (Wildman–Crippen MR) is 131 cm³/mol. The van der Waals surface area contributed by atoms with E-state index in [1.165, 1.54) is 24.8 Å². The number of anilines is 1. The Balaban J connectivity index is 1.45. The second-order valence-electron chi connectivity index (χ2n) is 8.85. The first-order chi connectivity index (χ1) is 16.0. The van der Waals surface area contributed by atoms with E-state index < -0.39 is 0 Å². The van der Waals surface area contributed by atoms with Crippen molar-refractivity contribution in [1.82, 2.24) is 14.7 Å². The summed E-state index contributed by atoms with van der Waals surface area (Å²) in [6, 6.07) is 15.5. The van der Waals surface area contributed by atoms with Crippen LogP contribution in [0.25, 0.3) is 5.69 Å². The lowest BCUT2D eigenvalue weighted by atomic mass is 9.94. The minimum absolute atomic E-state index is 0.0346. The number of nitrogens with one attached hydrogen (secondary N) is 1. The van der Waals surface area contributed by atoms with Gasteiger partial charge in [-0.2, -0.15) is 5.10 Å². The maximum absolute atomic E-state index is 13.0. The van der Waals surface area contributed by atoms with Crippen LogP contribution in [0.2, 0.25) is 0 Å². The van der Waals surface area contributed by atoms with Gasteiger partial charge in [-0.1, -0.05) is 43.9 Å². The second-order valence-corrected chi connectivity index (χ2v) is 8.85. The van der Waals surface area contributed by atoms with Crippen molar-refractivity contribution < 1.29 is 9.59 Å². The van der Waals surface area contributed by atoms with Gasteiger partial charge in [0, 0.05) is 24.3 Å². The van der Waals surface area contributed by atoms with Gasteiger partial charge in [-0.25, -0.2) is 4.68 Å². The topological polar surface area (TPSA) is 67.2 Å². The largest absolute Gasteiger partial charge is 0.339 e. The molecule has 0 atom stereocenters. The Morgan fingerprint density at radius 1 is 1.03 bits per heavy atom. The third-order valence-corrected chi connectivity index (χ3v) is 6.56. The lowest BCUT2D eigenvalue weighted by molar-refractivity contribution is 0.0696. The maximum atomic E-state index is 13.0. The van der Waals surface area contributed by atoms with Gasteiger partial charge >= 0.3 is 0 Å². The predicted octanol–water partition coefficient (Wildman–Crippen LogP) is 5.40. The molecular formula is C27H32N4O2. The number of carbonyl (C=O) groups is 2. The van der Waals surface area contributed by atoms with E-state index in [-0.39, 0.29) is 11.8 Å².